The number of amides is 2. The summed E-state index contributed by atoms with van der Waals surface area (Å²) in [6.07, 6.45) is 1.33. The van der Waals surface area contributed by atoms with Crippen molar-refractivity contribution < 1.29 is 28.0 Å². The number of nitrogens with one attached hydrogen (secondary N) is 2. The van der Waals surface area contributed by atoms with E-state index in [0.29, 0.717) is 16.6 Å². The quantitative estimate of drug-likeness (QED) is 0.461. The van der Waals surface area contributed by atoms with E-state index in [9.17, 15) is 19.2 Å². The molecule has 0 radical (unpaired) electrons. The van der Waals surface area contributed by atoms with Gasteiger partial charge in [0.2, 0.25) is 5.91 Å². The molecule has 1 aromatic carbocycles. The Labute approximate surface area is 164 Å². The van der Waals surface area contributed by atoms with Crippen LogP contribution in [0, 0.1) is 0 Å². The van der Waals surface area contributed by atoms with Gasteiger partial charge in [0, 0.05) is 42.2 Å². The normalized spacial score (nSPS) is 10.5. The second kappa shape index (κ2) is 8.87. The van der Waals surface area contributed by atoms with Crippen LogP contribution in [0.4, 0.5) is 5.69 Å². The van der Waals surface area contributed by atoms with E-state index in [-0.39, 0.29) is 36.8 Å². The summed E-state index contributed by atoms with van der Waals surface area (Å²) >= 11 is 0. The Kier molecular flexibility index (Phi) is 6.08. The summed E-state index contributed by atoms with van der Waals surface area (Å²) in [4.78, 5) is 46.6. The summed E-state index contributed by atoms with van der Waals surface area (Å²) in [5.41, 5.74) is 0.614. The zero-order valence-electron chi connectivity index (χ0n) is 15.5. The first-order valence-corrected chi connectivity index (χ1v) is 8.74. The molecule has 0 saturated carbocycles. The van der Waals surface area contributed by atoms with E-state index in [1.807, 2.05) is 0 Å². The maximum absolute atomic E-state index is 11.9. The Hall–Kier alpha value is -3.88. The van der Waals surface area contributed by atoms with Crippen LogP contribution in [-0.4, -0.2) is 24.3 Å². The summed E-state index contributed by atoms with van der Waals surface area (Å²) < 4.78 is 15.3. The van der Waals surface area contributed by atoms with Gasteiger partial charge in [-0.3, -0.25) is 14.4 Å². The topological polar surface area (TPSA) is 128 Å². The maximum Gasteiger partial charge on any atom is 0.336 e. The first-order valence-electron chi connectivity index (χ1n) is 8.74. The highest BCUT2D eigenvalue weighted by molar-refractivity contribution is 5.92. The Morgan fingerprint density at radius 1 is 1.14 bits per heavy atom. The van der Waals surface area contributed by atoms with Crippen molar-refractivity contribution in [1.29, 1.82) is 0 Å². The molecule has 0 aliphatic carbocycles. The molecule has 3 rings (SSSR count). The molecule has 0 aliphatic heterocycles. The third kappa shape index (κ3) is 5.32. The van der Waals surface area contributed by atoms with E-state index in [4.69, 9.17) is 13.6 Å². The van der Waals surface area contributed by atoms with Gasteiger partial charge >= 0.3 is 11.6 Å². The lowest BCUT2D eigenvalue weighted by Gasteiger charge is -2.09. The third-order valence-corrected chi connectivity index (χ3v) is 3.90. The fourth-order valence-corrected chi connectivity index (χ4v) is 2.63. The van der Waals surface area contributed by atoms with Crippen molar-refractivity contribution in [1.82, 2.24) is 5.32 Å². The number of anilines is 1. The second-order valence-electron chi connectivity index (χ2n) is 6.13. The number of rotatable bonds is 7. The number of ether oxygens (including phenoxy) is 1. The van der Waals surface area contributed by atoms with E-state index in [1.54, 1.807) is 18.2 Å². The fourth-order valence-electron chi connectivity index (χ4n) is 2.63. The van der Waals surface area contributed by atoms with Gasteiger partial charge in [0.05, 0.1) is 12.7 Å². The van der Waals surface area contributed by atoms with Crippen LogP contribution < -0.4 is 16.3 Å². The molecule has 3 aromatic rings. The number of carbonyl (C=O) groups excluding carboxylic acids is 3. The van der Waals surface area contributed by atoms with Crippen molar-refractivity contribution in [3.05, 3.63) is 64.4 Å². The lowest BCUT2D eigenvalue weighted by molar-refractivity contribution is -0.144. The van der Waals surface area contributed by atoms with Crippen molar-refractivity contribution in [2.45, 2.75) is 20.0 Å². The number of esters is 1. The highest BCUT2D eigenvalue weighted by Crippen LogP contribution is 2.22. The van der Waals surface area contributed by atoms with Gasteiger partial charge in [0.1, 0.15) is 12.2 Å². The predicted octanol–water partition coefficient (Wildman–Crippen LogP) is 2.21. The molecule has 2 N–H and O–H groups in total. The van der Waals surface area contributed by atoms with E-state index in [0.717, 1.165) is 0 Å². The fraction of sp³-hybridized carbons (Fsp3) is 0.200. The van der Waals surface area contributed by atoms with Crippen molar-refractivity contribution in [3.63, 3.8) is 0 Å². The highest BCUT2D eigenvalue weighted by Gasteiger charge is 2.12. The molecule has 2 amide bonds. The van der Waals surface area contributed by atoms with Gasteiger partial charge in [0.25, 0.3) is 5.91 Å². The van der Waals surface area contributed by atoms with Gasteiger partial charge in [-0.2, -0.15) is 0 Å². The summed E-state index contributed by atoms with van der Waals surface area (Å²) in [5, 5.41) is 5.72. The van der Waals surface area contributed by atoms with Crippen molar-refractivity contribution >= 4 is 34.4 Å². The number of carbonyl (C=O) groups is 3. The molecule has 2 heterocycles. The summed E-state index contributed by atoms with van der Waals surface area (Å²) in [6, 6.07) is 9.18. The molecular weight excluding hydrogens is 380 g/mol. The summed E-state index contributed by atoms with van der Waals surface area (Å²) in [5.74, 6) is -1.07. The van der Waals surface area contributed by atoms with Crippen LogP contribution in [0.1, 0.15) is 29.5 Å². The van der Waals surface area contributed by atoms with Crippen LogP contribution in [0.15, 0.2) is 56.3 Å². The third-order valence-electron chi connectivity index (χ3n) is 3.90. The molecule has 0 saturated heterocycles. The van der Waals surface area contributed by atoms with Gasteiger partial charge in [0.15, 0.2) is 5.76 Å². The number of hydrogen-bond acceptors (Lipinski definition) is 7. The molecule has 0 unspecified atom stereocenters. The molecular formula is C20H18N2O7. The minimum absolute atomic E-state index is 0.0432. The van der Waals surface area contributed by atoms with Crippen molar-refractivity contribution in [2.75, 3.05) is 11.9 Å². The van der Waals surface area contributed by atoms with Gasteiger partial charge in [-0.25, -0.2) is 4.79 Å². The zero-order chi connectivity index (χ0) is 20.8. The minimum Gasteiger partial charge on any atom is -0.461 e. The van der Waals surface area contributed by atoms with E-state index >= 15 is 0 Å². The van der Waals surface area contributed by atoms with E-state index in [1.165, 1.54) is 31.4 Å². The zero-order valence-corrected chi connectivity index (χ0v) is 15.5. The molecule has 29 heavy (non-hydrogen) atoms. The molecule has 0 atom stereocenters. The lowest BCUT2D eigenvalue weighted by atomic mass is 10.1. The Morgan fingerprint density at radius 2 is 1.97 bits per heavy atom. The monoisotopic (exact) mass is 398 g/mol. The van der Waals surface area contributed by atoms with E-state index < -0.39 is 17.5 Å². The average molecular weight is 398 g/mol. The SMILES string of the molecule is CC(=O)Nc1ccc2c(COC(=O)CCNC(=O)c3ccco3)cc(=O)oc2c1. The smallest absolute Gasteiger partial charge is 0.336 e. The Bertz CT molecular complexity index is 1100. The van der Waals surface area contributed by atoms with Gasteiger partial charge in [-0.05, 0) is 24.3 Å². The van der Waals surface area contributed by atoms with Gasteiger partial charge in [-0.15, -0.1) is 0 Å². The highest BCUT2D eigenvalue weighted by atomic mass is 16.5. The van der Waals surface area contributed by atoms with Crippen LogP contribution >= 0.6 is 0 Å². The molecule has 9 nitrogen and oxygen atoms in total. The van der Waals surface area contributed by atoms with Crippen LogP contribution in [0.3, 0.4) is 0 Å². The van der Waals surface area contributed by atoms with Crippen LogP contribution in [-0.2, 0) is 20.9 Å². The van der Waals surface area contributed by atoms with Crippen LogP contribution in [0.5, 0.6) is 0 Å². The lowest BCUT2D eigenvalue weighted by Crippen LogP contribution is -2.26. The molecule has 2 aromatic heterocycles. The molecule has 0 fully saturated rings. The van der Waals surface area contributed by atoms with Gasteiger partial charge < -0.3 is 24.2 Å². The molecule has 0 spiro atoms. The van der Waals surface area contributed by atoms with Crippen molar-refractivity contribution in [3.8, 4) is 0 Å². The van der Waals surface area contributed by atoms with Crippen molar-refractivity contribution in [2.24, 2.45) is 0 Å². The largest absolute Gasteiger partial charge is 0.461 e. The van der Waals surface area contributed by atoms with E-state index in [2.05, 4.69) is 10.6 Å². The molecule has 0 aliphatic rings. The second-order valence-corrected chi connectivity index (χ2v) is 6.13. The number of furan rings is 1. The number of hydrogen-bond donors (Lipinski definition) is 2. The average Bonchev–Trinajstić information content (AvgIpc) is 3.20. The first-order chi connectivity index (χ1) is 13.9. The molecule has 0 bridgehead atoms. The predicted molar refractivity (Wildman–Crippen MR) is 102 cm³/mol. The summed E-state index contributed by atoms with van der Waals surface area (Å²) in [7, 11) is 0. The number of benzene rings is 1. The standard InChI is InChI=1S/C20H18N2O7/c1-12(23)22-14-4-5-15-13(9-19(25)29-17(15)10-14)11-28-18(24)6-7-21-20(26)16-3-2-8-27-16/h2-5,8-10H,6-7,11H2,1H3,(H,21,26)(H,22,23). The first kappa shape index (κ1) is 19.9. The number of fused-ring (bicyclic) bond motifs is 1. The Balaban J connectivity index is 1.59. The maximum atomic E-state index is 11.9. The van der Waals surface area contributed by atoms with Crippen LogP contribution in [0.25, 0.3) is 11.0 Å². The van der Waals surface area contributed by atoms with Crippen LogP contribution in [0.2, 0.25) is 0 Å². The molecule has 9 heteroatoms. The molecule has 150 valence electrons. The Morgan fingerprint density at radius 3 is 2.69 bits per heavy atom. The van der Waals surface area contributed by atoms with Gasteiger partial charge in [-0.1, -0.05) is 0 Å². The minimum atomic E-state index is -0.603. The summed E-state index contributed by atoms with van der Waals surface area (Å²) in [6.45, 7) is 1.32.